The lowest BCUT2D eigenvalue weighted by Gasteiger charge is -2.32. The molecule has 1 heterocycles. The van der Waals surface area contributed by atoms with Crippen molar-refractivity contribution in [1.29, 1.82) is 0 Å². The SMILES string of the molecule is CCCC/C=C/C(=C/CCCC)B1OC(C)(C)C(C)(C)O1. The number of unbranched alkanes of at least 4 members (excludes halogenated alkanes) is 4. The van der Waals surface area contributed by atoms with Crippen molar-refractivity contribution >= 4 is 7.12 Å². The predicted molar refractivity (Wildman–Crippen MR) is 92.4 cm³/mol. The molecule has 0 unspecified atom stereocenters. The Morgan fingerprint density at radius 3 is 1.95 bits per heavy atom. The highest BCUT2D eigenvalue weighted by molar-refractivity contribution is 6.55. The summed E-state index contributed by atoms with van der Waals surface area (Å²) in [6.45, 7) is 12.9. The third-order valence-electron chi connectivity index (χ3n) is 4.50. The van der Waals surface area contributed by atoms with E-state index in [1.807, 2.05) is 0 Å². The number of allylic oxidation sites excluding steroid dienone is 4. The molecule has 1 aliphatic heterocycles. The molecule has 1 rings (SSSR count). The number of rotatable bonds is 8. The summed E-state index contributed by atoms with van der Waals surface area (Å²) in [5, 5.41) is 0. The zero-order valence-corrected chi connectivity index (χ0v) is 14.9. The normalized spacial score (nSPS) is 21.4. The zero-order valence-electron chi connectivity index (χ0n) is 14.9. The first kappa shape index (κ1) is 18.5. The van der Waals surface area contributed by atoms with Gasteiger partial charge < -0.3 is 9.31 Å². The molecule has 0 saturated carbocycles. The van der Waals surface area contributed by atoms with E-state index in [2.05, 4.69) is 59.8 Å². The van der Waals surface area contributed by atoms with Crippen molar-refractivity contribution in [2.45, 2.75) is 91.3 Å². The summed E-state index contributed by atoms with van der Waals surface area (Å²) >= 11 is 0. The molecule has 1 aliphatic rings. The second-order valence-corrected chi connectivity index (χ2v) is 6.98. The highest BCUT2D eigenvalue weighted by Crippen LogP contribution is 2.38. The molecular weight excluding hydrogens is 259 g/mol. The van der Waals surface area contributed by atoms with Gasteiger partial charge in [-0.25, -0.2) is 0 Å². The zero-order chi connectivity index (χ0) is 15.9. The van der Waals surface area contributed by atoms with Crippen LogP contribution in [-0.4, -0.2) is 18.3 Å². The number of hydrogen-bond acceptors (Lipinski definition) is 2. The summed E-state index contributed by atoms with van der Waals surface area (Å²) in [5.41, 5.74) is 0.649. The second kappa shape index (κ2) is 8.19. The molecule has 1 saturated heterocycles. The fourth-order valence-electron chi connectivity index (χ4n) is 2.24. The molecule has 0 atom stereocenters. The van der Waals surface area contributed by atoms with E-state index in [0.717, 1.165) is 12.8 Å². The maximum Gasteiger partial charge on any atom is 0.494 e. The minimum atomic E-state index is -0.265. The summed E-state index contributed by atoms with van der Waals surface area (Å²) in [6.07, 6.45) is 13.9. The van der Waals surface area contributed by atoms with E-state index < -0.39 is 0 Å². The average Bonchev–Trinajstić information content (AvgIpc) is 2.61. The van der Waals surface area contributed by atoms with Gasteiger partial charge in [-0.1, -0.05) is 57.8 Å². The summed E-state index contributed by atoms with van der Waals surface area (Å²) in [5.74, 6) is 0. The molecule has 120 valence electrons. The Balaban J connectivity index is 2.78. The molecule has 21 heavy (non-hydrogen) atoms. The quantitative estimate of drug-likeness (QED) is 0.335. The molecule has 0 aliphatic carbocycles. The molecule has 2 nitrogen and oxygen atoms in total. The minimum Gasteiger partial charge on any atom is -0.399 e. The van der Waals surface area contributed by atoms with Crippen LogP contribution in [0, 0.1) is 0 Å². The van der Waals surface area contributed by atoms with Crippen LogP contribution in [0.25, 0.3) is 0 Å². The van der Waals surface area contributed by atoms with E-state index in [1.54, 1.807) is 0 Å². The van der Waals surface area contributed by atoms with Gasteiger partial charge in [-0.3, -0.25) is 0 Å². The fraction of sp³-hybridized carbons (Fsp3) is 0.778. The van der Waals surface area contributed by atoms with E-state index in [4.69, 9.17) is 9.31 Å². The van der Waals surface area contributed by atoms with Crippen molar-refractivity contribution in [3.63, 3.8) is 0 Å². The minimum absolute atomic E-state index is 0.232. The first-order chi connectivity index (χ1) is 9.84. The lowest BCUT2D eigenvalue weighted by atomic mass is 9.77. The van der Waals surface area contributed by atoms with E-state index in [1.165, 1.54) is 31.2 Å². The average molecular weight is 292 g/mol. The Morgan fingerprint density at radius 2 is 1.43 bits per heavy atom. The van der Waals surface area contributed by atoms with E-state index in [9.17, 15) is 0 Å². The molecule has 0 aromatic heterocycles. The van der Waals surface area contributed by atoms with Crippen molar-refractivity contribution in [2.24, 2.45) is 0 Å². The van der Waals surface area contributed by atoms with Gasteiger partial charge in [0.05, 0.1) is 11.2 Å². The van der Waals surface area contributed by atoms with Crippen molar-refractivity contribution in [3.8, 4) is 0 Å². The first-order valence-electron chi connectivity index (χ1n) is 8.56. The van der Waals surface area contributed by atoms with Gasteiger partial charge in [0.1, 0.15) is 0 Å². The predicted octanol–water partition coefficient (Wildman–Crippen LogP) is 5.48. The topological polar surface area (TPSA) is 18.5 Å². The van der Waals surface area contributed by atoms with E-state index in [0.29, 0.717) is 0 Å². The second-order valence-electron chi connectivity index (χ2n) is 6.98. The van der Waals surface area contributed by atoms with Crippen LogP contribution in [0.2, 0.25) is 0 Å². The maximum atomic E-state index is 6.17. The van der Waals surface area contributed by atoms with Crippen LogP contribution in [0.3, 0.4) is 0 Å². The van der Waals surface area contributed by atoms with Crippen molar-refractivity contribution < 1.29 is 9.31 Å². The van der Waals surface area contributed by atoms with Gasteiger partial charge in [0.2, 0.25) is 0 Å². The number of hydrogen-bond donors (Lipinski definition) is 0. The molecule has 0 radical (unpaired) electrons. The Labute approximate surface area is 132 Å². The van der Waals surface area contributed by atoms with Crippen molar-refractivity contribution in [2.75, 3.05) is 0 Å². The lowest BCUT2D eigenvalue weighted by molar-refractivity contribution is 0.00578. The van der Waals surface area contributed by atoms with Crippen molar-refractivity contribution in [3.05, 3.63) is 23.7 Å². The van der Waals surface area contributed by atoms with Crippen LogP contribution in [0.1, 0.15) is 80.1 Å². The van der Waals surface area contributed by atoms with E-state index >= 15 is 0 Å². The van der Waals surface area contributed by atoms with Gasteiger partial charge in [0.25, 0.3) is 0 Å². The molecule has 0 N–H and O–H groups in total. The molecule has 0 bridgehead atoms. The van der Waals surface area contributed by atoms with Gasteiger partial charge in [-0.2, -0.15) is 0 Å². The summed E-state index contributed by atoms with van der Waals surface area (Å²) in [7, 11) is -0.232. The van der Waals surface area contributed by atoms with Crippen LogP contribution in [-0.2, 0) is 9.31 Å². The highest BCUT2D eigenvalue weighted by atomic mass is 16.7. The van der Waals surface area contributed by atoms with Crippen LogP contribution in [0.5, 0.6) is 0 Å². The summed E-state index contributed by atoms with van der Waals surface area (Å²) < 4.78 is 12.3. The molecule has 0 aromatic carbocycles. The van der Waals surface area contributed by atoms with Gasteiger partial charge in [0, 0.05) is 0 Å². The van der Waals surface area contributed by atoms with Crippen LogP contribution < -0.4 is 0 Å². The van der Waals surface area contributed by atoms with Gasteiger partial charge in [-0.05, 0) is 46.0 Å². The third-order valence-corrected chi connectivity index (χ3v) is 4.50. The van der Waals surface area contributed by atoms with Crippen LogP contribution in [0.15, 0.2) is 23.7 Å². The molecule has 0 spiro atoms. The Kier molecular flexibility index (Phi) is 7.22. The van der Waals surface area contributed by atoms with Gasteiger partial charge in [-0.15, -0.1) is 0 Å². The Hall–Kier alpha value is -0.535. The standard InChI is InChI=1S/C18H33BO2/c1-7-9-11-13-15-16(14-12-10-8-2)19-20-17(3,4)18(5,6)21-19/h13-15H,7-12H2,1-6H3/b15-13+,16-14-. The van der Waals surface area contributed by atoms with Crippen molar-refractivity contribution in [1.82, 2.24) is 0 Å². The highest BCUT2D eigenvalue weighted by Gasteiger charge is 2.51. The first-order valence-corrected chi connectivity index (χ1v) is 8.56. The Morgan fingerprint density at radius 1 is 0.905 bits per heavy atom. The van der Waals surface area contributed by atoms with Gasteiger partial charge >= 0.3 is 7.12 Å². The third kappa shape index (κ3) is 5.30. The van der Waals surface area contributed by atoms with Gasteiger partial charge in [0.15, 0.2) is 0 Å². The lowest BCUT2D eigenvalue weighted by Crippen LogP contribution is -2.41. The van der Waals surface area contributed by atoms with Crippen LogP contribution >= 0.6 is 0 Å². The summed E-state index contributed by atoms with van der Waals surface area (Å²) in [4.78, 5) is 0. The molecule has 0 amide bonds. The summed E-state index contributed by atoms with van der Waals surface area (Å²) in [6, 6.07) is 0. The smallest absolute Gasteiger partial charge is 0.399 e. The Bertz CT molecular complexity index is 353. The molecule has 1 fully saturated rings. The maximum absolute atomic E-state index is 6.17. The molecular formula is C18H33BO2. The molecule has 0 aromatic rings. The fourth-order valence-corrected chi connectivity index (χ4v) is 2.24. The molecule has 3 heteroatoms. The van der Waals surface area contributed by atoms with Crippen LogP contribution in [0.4, 0.5) is 0 Å². The van der Waals surface area contributed by atoms with E-state index in [-0.39, 0.29) is 18.3 Å². The monoisotopic (exact) mass is 292 g/mol. The largest absolute Gasteiger partial charge is 0.494 e.